The topological polar surface area (TPSA) is 93.4 Å². The van der Waals surface area contributed by atoms with Gasteiger partial charge in [-0.05, 0) is 24.3 Å². The van der Waals surface area contributed by atoms with Crippen LogP contribution in [0.1, 0.15) is 0 Å². The number of amides is 2. The molecule has 1 aliphatic heterocycles. The van der Waals surface area contributed by atoms with Crippen molar-refractivity contribution in [3.05, 3.63) is 36.7 Å². The van der Waals surface area contributed by atoms with Crippen LogP contribution in [-0.2, 0) is 4.74 Å². The zero-order chi connectivity index (χ0) is 15.4. The first kappa shape index (κ1) is 14.3. The molecule has 1 aliphatic rings. The van der Waals surface area contributed by atoms with Gasteiger partial charge < -0.3 is 20.7 Å². The van der Waals surface area contributed by atoms with Crippen LogP contribution in [-0.4, -0.2) is 42.3 Å². The van der Waals surface area contributed by atoms with Gasteiger partial charge in [0.1, 0.15) is 0 Å². The number of hydrogen-bond donors (Lipinski definition) is 2. The minimum atomic E-state index is -0.586. The van der Waals surface area contributed by atoms with E-state index in [-0.39, 0.29) is 0 Å². The van der Waals surface area contributed by atoms with Crippen LogP contribution in [0.25, 0.3) is 11.4 Å². The minimum absolute atomic E-state index is 0.586. The average Bonchev–Trinajstić information content (AvgIpc) is 2.56. The summed E-state index contributed by atoms with van der Waals surface area (Å²) in [5.41, 5.74) is 7.71. The normalized spacial score (nSPS) is 14.6. The van der Waals surface area contributed by atoms with Gasteiger partial charge in [0, 0.05) is 36.7 Å². The zero-order valence-electron chi connectivity index (χ0n) is 12.0. The molecule has 1 aromatic carbocycles. The molecule has 0 saturated carbocycles. The van der Waals surface area contributed by atoms with Crippen LogP contribution in [0.5, 0.6) is 0 Å². The summed E-state index contributed by atoms with van der Waals surface area (Å²) in [6.07, 6.45) is 3.42. The van der Waals surface area contributed by atoms with E-state index in [0.717, 1.165) is 24.3 Å². The molecule has 2 amide bonds. The number of carbonyl (C=O) groups is 1. The first-order valence-electron chi connectivity index (χ1n) is 7.04. The lowest BCUT2D eigenvalue weighted by Gasteiger charge is -2.30. The Morgan fingerprint density at radius 1 is 1.23 bits per heavy atom. The summed E-state index contributed by atoms with van der Waals surface area (Å²) in [7, 11) is 0. The van der Waals surface area contributed by atoms with Gasteiger partial charge in [0.05, 0.1) is 18.9 Å². The molecule has 3 rings (SSSR count). The molecule has 2 aromatic rings. The maximum absolute atomic E-state index is 11.1. The fourth-order valence-corrected chi connectivity index (χ4v) is 2.44. The SMILES string of the molecule is NC(=O)Nc1ccc(-c2ncccn2)c(N2CCOCC2)c1. The van der Waals surface area contributed by atoms with Crippen molar-refractivity contribution in [2.45, 2.75) is 0 Å². The molecule has 0 atom stereocenters. The Morgan fingerprint density at radius 3 is 2.64 bits per heavy atom. The number of carbonyl (C=O) groups excluding carboxylic acids is 1. The van der Waals surface area contributed by atoms with E-state index in [1.807, 2.05) is 12.1 Å². The number of nitrogens with one attached hydrogen (secondary N) is 1. The van der Waals surface area contributed by atoms with E-state index in [1.165, 1.54) is 0 Å². The number of nitrogens with zero attached hydrogens (tertiary/aromatic N) is 3. The highest BCUT2D eigenvalue weighted by Gasteiger charge is 2.18. The van der Waals surface area contributed by atoms with E-state index in [4.69, 9.17) is 10.5 Å². The average molecular weight is 299 g/mol. The van der Waals surface area contributed by atoms with Crippen molar-refractivity contribution < 1.29 is 9.53 Å². The first-order valence-corrected chi connectivity index (χ1v) is 7.04. The molecule has 1 fully saturated rings. The molecule has 0 bridgehead atoms. The van der Waals surface area contributed by atoms with Crippen LogP contribution in [0.15, 0.2) is 36.7 Å². The van der Waals surface area contributed by atoms with Crippen molar-refractivity contribution in [3.8, 4) is 11.4 Å². The number of morpholine rings is 1. The molecule has 2 heterocycles. The van der Waals surface area contributed by atoms with E-state index in [0.29, 0.717) is 24.7 Å². The predicted octanol–water partition coefficient (Wildman–Crippen LogP) is 1.47. The molecule has 0 spiro atoms. The number of nitrogens with two attached hydrogens (primary N) is 1. The largest absolute Gasteiger partial charge is 0.378 e. The third kappa shape index (κ3) is 3.15. The second-order valence-electron chi connectivity index (χ2n) is 4.89. The molecule has 0 unspecified atom stereocenters. The zero-order valence-corrected chi connectivity index (χ0v) is 12.0. The lowest BCUT2D eigenvalue weighted by atomic mass is 10.1. The summed E-state index contributed by atoms with van der Waals surface area (Å²) < 4.78 is 5.40. The van der Waals surface area contributed by atoms with E-state index in [9.17, 15) is 4.79 Å². The molecule has 1 aromatic heterocycles. The second-order valence-corrected chi connectivity index (χ2v) is 4.89. The Morgan fingerprint density at radius 2 is 1.95 bits per heavy atom. The second kappa shape index (κ2) is 6.40. The Bertz CT molecular complexity index is 656. The monoisotopic (exact) mass is 299 g/mol. The number of aromatic nitrogens is 2. The van der Waals surface area contributed by atoms with Gasteiger partial charge in [-0.1, -0.05) is 0 Å². The molecule has 7 heteroatoms. The number of ether oxygens (including phenoxy) is 1. The van der Waals surface area contributed by atoms with Gasteiger partial charge in [0.25, 0.3) is 0 Å². The smallest absolute Gasteiger partial charge is 0.316 e. The highest BCUT2D eigenvalue weighted by Crippen LogP contribution is 2.31. The quantitative estimate of drug-likeness (QED) is 0.895. The molecule has 0 aliphatic carbocycles. The van der Waals surface area contributed by atoms with E-state index < -0.39 is 6.03 Å². The van der Waals surface area contributed by atoms with Gasteiger partial charge in [-0.3, -0.25) is 0 Å². The van der Waals surface area contributed by atoms with Crippen molar-refractivity contribution in [3.63, 3.8) is 0 Å². The van der Waals surface area contributed by atoms with Gasteiger partial charge in [-0.25, -0.2) is 14.8 Å². The van der Waals surface area contributed by atoms with Crippen LogP contribution in [0, 0.1) is 0 Å². The van der Waals surface area contributed by atoms with Crippen LogP contribution >= 0.6 is 0 Å². The van der Waals surface area contributed by atoms with Gasteiger partial charge >= 0.3 is 6.03 Å². The fraction of sp³-hybridized carbons (Fsp3) is 0.267. The number of anilines is 2. The minimum Gasteiger partial charge on any atom is -0.378 e. The van der Waals surface area contributed by atoms with Gasteiger partial charge in [-0.15, -0.1) is 0 Å². The van der Waals surface area contributed by atoms with Gasteiger partial charge in [0.15, 0.2) is 5.82 Å². The molecule has 114 valence electrons. The predicted molar refractivity (Wildman–Crippen MR) is 83.7 cm³/mol. The maximum Gasteiger partial charge on any atom is 0.316 e. The van der Waals surface area contributed by atoms with Crippen LogP contribution in [0.4, 0.5) is 16.2 Å². The Hall–Kier alpha value is -2.67. The highest BCUT2D eigenvalue weighted by atomic mass is 16.5. The summed E-state index contributed by atoms with van der Waals surface area (Å²) in [5.74, 6) is 0.648. The molecular weight excluding hydrogens is 282 g/mol. The number of hydrogen-bond acceptors (Lipinski definition) is 5. The Labute approximate surface area is 128 Å². The number of urea groups is 1. The van der Waals surface area contributed by atoms with Crippen LogP contribution in [0.3, 0.4) is 0 Å². The first-order chi connectivity index (χ1) is 10.7. The van der Waals surface area contributed by atoms with E-state index in [2.05, 4.69) is 20.2 Å². The molecule has 22 heavy (non-hydrogen) atoms. The van der Waals surface area contributed by atoms with Crippen LogP contribution < -0.4 is 16.0 Å². The van der Waals surface area contributed by atoms with Crippen molar-refractivity contribution in [2.75, 3.05) is 36.5 Å². The summed E-state index contributed by atoms with van der Waals surface area (Å²) in [6.45, 7) is 2.89. The van der Waals surface area contributed by atoms with Crippen molar-refractivity contribution in [2.24, 2.45) is 5.73 Å². The van der Waals surface area contributed by atoms with Gasteiger partial charge in [-0.2, -0.15) is 0 Å². The summed E-state index contributed by atoms with van der Waals surface area (Å²) >= 11 is 0. The lowest BCUT2D eigenvalue weighted by Crippen LogP contribution is -2.36. The van der Waals surface area contributed by atoms with Crippen molar-refractivity contribution in [1.82, 2.24) is 9.97 Å². The van der Waals surface area contributed by atoms with Crippen molar-refractivity contribution >= 4 is 17.4 Å². The highest BCUT2D eigenvalue weighted by molar-refractivity contribution is 5.90. The Balaban J connectivity index is 2.02. The van der Waals surface area contributed by atoms with Gasteiger partial charge in [0.2, 0.25) is 0 Å². The van der Waals surface area contributed by atoms with E-state index in [1.54, 1.807) is 24.5 Å². The summed E-state index contributed by atoms with van der Waals surface area (Å²) in [6, 6.07) is 6.77. The lowest BCUT2D eigenvalue weighted by molar-refractivity contribution is 0.123. The molecule has 1 saturated heterocycles. The molecule has 7 nitrogen and oxygen atoms in total. The third-order valence-corrected chi connectivity index (χ3v) is 3.42. The fourth-order valence-electron chi connectivity index (χ4n) is 2.44. The molecule has 3 N–H and O–H groups in total. The number of benzene rings is 1. The Kier molecular flexibility index (Phi) is 4.15. The standard InChI is InChI=1S/C15H17N5O2/c16-15(21)19-11-2-3-12(14-17-4-1-5-18-14)13(10-11)20-6-8-22-9-7-20/h1-5,10H,6-9H2,(H3,16,19,21). The van der Waals surface area contributed by atoms with E-state index >= 15 is 0 Å². The maximum atomic E-state index is 11.1. The van der Waals surface area contributed by atoms with Crippen molar-refractivity contribution in [1.29, 1.82) is 0 Å². The third-order valence-electron chi connectivity index (χ3n) is 3.42. The molecular formula is C15H17N5O2. The molecule has 0 radical (unpaired) electrons. The number of rotatable bonds is 3. The number of primary amides is 1. The summed E-state index contributed by atoms with van der Waals surface area (Å²) in [4.78, 5) is 21.9. The summed E-state index contributed by atoms with van der Waals surface area (Å²) in [5, 5.41) is 2.60. The van der Waals surface area contributed by atoms with Crippen LogP contribution in [0.2, 0.25) is 0 Å².